The van der Waals surface area contributed by atoms with Gasteiger partial charge in [-0.1, -0.05) is 17.7 Å². The van der Waals surface area contributed by atoms with E-state index in [1.165, 1.54) is 18.2 Å². The fraction of sp³-hybridized carbons (Fsp3) is 0.120. The van der Waals surface area contributed by atoms with E-state index < -0.39 is 23.6 Å². The first kappa shape index (κ1) is 24.0. The number of nitrogens with one attached hydrogen (secondary N) is 3. The van der Waals surface area contributed by atoms with Gasteiger partial charge in [-0.15, -0.1) is 0 Å². The molecule has 178 valence electrons. The monoisotopic (exact) mass is 494 g/mol. The zero-order valence-electron chi connectivity index (χ0n) is 18.8. The Labute approximate surface area is 205 Å². The Morgan fingerprint density at radius 1 is 1.17 bits per heavy atom. The standard InChI is InChI=1S/C25H21ClF2N6O/c1-12-7-14(5-6-31-12)24-32-13(2)22(23(34-24)17-4-3-16(26)9-18(17)27)25(35)33-21-8-15(11-29)20(30)10-19(21)28/h3-11,23,29H,30H2,1-2H3,(H,32,34)(H,33,35). The number of carbonyl (C=O) groups excluding carboxylic acids is 1. The molecule has 1 aromatic heterocycles. The van der Waals surface area contributed by atoms with E-state index in [0.717, 1.165) is 24.0 Å². The number of hydrogen-bond acceptors (Lipinski definition) is 6. The molecule has 1 unspecified atom stereocenters. The van der Waals surface area contributed by atoms with Gasteiger partial charge in [0, 0.05) is 51.2 Å². The second-order valence-electron chi connectivity index (χ2n) is 7.96. The number of pyridine rings is 1. The molecule has 4 rings (SSSR count). The van der Waals surface area contributed by atoms with E-state index in [4.69, 9.17) is 22.7 Å². The van der Waals surface area contributed by atoms with E-state index in [-0.39, 0.29) is 33.1 Å². The number of anilines is 2. The average Bonchev–Trinajstić information content (AvgIpc) is 2.80. The number of carbonyl (C=O) groups is 1. The largest absolute Gasteiger partial charge is 0.398 e. The summed E-state index contributed by atoms with van der Waals surface area (Å²) >= 11 is 5.93. The smallest absolute Gasteiger partial charge is 0.255 e. The zero-order valence-corrected chi connectivity index (χ0v) is 19.5. The molecule has 2 heterocycles. The van der Waals surface area contributed by atoms with Gasteiger partial charge in [-0.25, -0.2) is 8.78 Å². The SMILES string of the molecule is CC1=C(C(=O)Nc2cc(C=N)c(N)cc2F)C(c2ccc(Cl)cc2F)N=C(c2ccnc(C)c2)N1. The molecular formula is C25H21ClF2N6O. The molecule has 0 saturated heterocycles. The third-order valence-corrected chi connectivity index (χ3v) is 5.72. The van der Waals surface area contributed by atoms with E-state index in [1.807, 2.05) is 13.0 Å². The summed E-state index contributed by atoms with van der Waals surface area (Å²) in [5.41, 5.74) is 7.93. The van der Waals surface area contributed by atoms with Crippen LogP contribution < -0.4 is 16.4 Å². The van der Waals surface area contributed by atoms with E-state index in [2.05, 4.69) is 20.6 Å². The predicted octanol–water partition coefficient (Wildman–Crippen LogP) is 4.91. The number of amidine groups is 1. The van der Waals surface area contributed by atoms with Crippen molar-refractivity contribution in [3.8, 4) is 0 Å². The molecule has 10 heteroatoms. The minimum absolute atomic E-state index is 0.0632. The number of rotatable bonds is 5. The van der Waals surface area contributed by atoms with Crippen molar-refractivity contribution in [2.45, 2.75) is 19.9 Å². The summed E-state index contributed by atoms with van der Waals surface area (Å²) in [6.07, 6.45) is 2.58. The lowest BCUT2D eigenvalue weighted by Gasteiger charge is -2.27. The minimum Gasteiger partial charge on any atom is -0.398 e. The number of nitrogen functional groups attached to an aromatic ring is 1. The van der Waals surface area contributed by atoms with Gasteiger partial charge in [0.15, 0.2) is 0 Å². The predicted molar refractivity (Wildman–Crippen MR) is 133 cm³/mol. The lowest BCUT2D eigenvalue weighted by Crippen LogP contribution is -2.34. The van der Waals surface area contributed by atoms with Crippen molar-refractivity contribution in [3.05, 3.63) is 99.0 Å². The maximum atomic E-state index is 15.0. The summed E-state index contributed by atoms with van der Waals surface area (Å²) in [5, 5.41) is 13.2. The summed E-state index contributed by atoms with van der Waals surface area (Å²) in [6.45, 7) is 3.48. The second-order valence-corrected chi connectivity index (χ2v) is 8.39. The van der Waals surface area contributed by atoms with Crippen molar-refractivity contribution >= 4 is 40.9 Å². The number of allylic oxidation sites excluding steroid dienone is 1. The van der Waals surface area contributed by atoms with Gasteiger partial charge in [0.05, 0.1) is 11.3 Å². The van der Waals surface area contributed by atoms with Crippen LogP contribution in [0.1, 0.15) is 35.3 Å². The first-order valence-corrected chi connectivity index (χ1v) is 10.9. The first-order valence-electron chi connectivity index (χ1n) is 10.5. The van der Waals surface area contributed by atoms with Gasteiger partial charge in [0.2, 0.25) is 0 Å². The van der Waals surface area contributed by atoms with Gasteiger partial charge in [-0.3, -0.25) is 14.8 Å². The number of nitrogens with zero attached hydrogens (tertiary/aromatic N) is 2. The topological polar surface area (TPSA) is 116 Å². The number of benzene rings is 2. The van der Waals surface area contributed by atoms with Gasteiger partial charge in [-0.2, -0.15) is 0 Å². The molecule has 0 bridgehead atoms. The molecule has 7 nitrogen and oxygen atoms in total. The van der Waals surface area contributed by atoms with Crippen molar-refractivity contribution in [3.63, 3.8) is 0 Å². The highest BCUT2D eigenvalue weighted by Gasteiger charge is 2.32. The highest BCUT2D eigenvalue weighted by Crippen LogP contribution is 2.35. The first-order chi connectivity index (χ1) is 16.7. The maximum absolute atomic E-state index is 15.0. The summed E-state index contributed by atoms with van der Waals surface area (Å²) in [6, 6.07) is 8.90. The van der Waals surface area contributed by atoms with E-state index in [9.17, 15) is 13.6 Å². The van der Waals surface area contributed by atoms with Crippen molar-refractivity contribution < 1.29 is 13.6 Å². The van der Waals surface area contributed by atoms with Crippen molar-refractivity contribution in [1.29, 1.82) is 5.41 Å². The van der Waals surface area contributed by atoms with E-state index in [0.29, 0.717) is 17.1 Å². The molecule has 2 aromatic carbocycles. The Hall–Kier alpha value is -4.11. The molecule has 1 atom stereocenters. The molecule has 0 fully saturated rings. The molecule has 0 saturated carbocycles. The fourth-order valence-electron chi connectivity index (χ4n) is 3.77. The molecule has 1 aliphatic heterocycles. The summed E-state index contributed by atoms with van der Waals surface area (Å²) in [5.74, 6) is -1.67. The Balaban J connectivity index is 1.79. The molecule has 1 amide bonds. The molecule has 1 aliphatic rings. The van der Waals surface area contributed by atoms with Crippen LogP contribution in [0.4, 0.5) is 20.2 Å². The minimum atomic E-state index is -1.05. The Kier molecular flexibility index (Phi) is 6.61. The molecule has 35 heavy (non-hydrogen) atoms. The highest BCUT2D eigenvalue weighted by molar-refractivity contribution is 6.30. The molecule has 0 radical (unpaired) electrons. The lowest BCUT2D eigenvalue weighted by molar-refractivity contribution is -0.113. The van der Waals surface area contributed by atoms with E-state index in [1.54, 1.807) is 19.2 Å². The van der Waals surface area contributed by atoms with Crippen LogP contribution in [0.5, 0.6) is 0 Å². The van der Waals surface area contributed by atoms with Crippen molar-refractivity contribution in [2.24, 2.45) is 4.99 Å². The lowest BCUT2D eigenvalue weighted by atomic mass is 9.94. The van der Waals surface area contributed by atoms with Crippen LogP contribution in [0.25, 0.3) is 0 Å². The summed E-state index contributed by atoms with van der Waals surface area (Å²) in [4.78, 5) is 22.2. The second kappa shape index (κ2) is 9.63. The van der Waals surface area contributed by atoms with Crippen LogP contribution in [-0.4, -0.2) is 22.9 Å². The molecule has 3 aromatic rings. The molecular weight excluding hydrogens is 474 g/mol. The van der Waals surface area contributed by atoms with Gasteiger partial charge >= 0.3 is 0 Å². The quantitative estimate of drug-likeness (QED) is 0.298. The highest BCUT2D eigenvalue weighted by atomic mass is 35.5. The van der Waals surface area contributed by atoms with Crippen molar-refractivity contribution in [1.82, 2.24) is 10.3 Å². The number of aryl methyl sites for hydroxylation is 1. The van der Waals surface area contributed by atoms with Gasteiger partial charge in [0.1, 0.15) is 23.5 Å². The van der Waals surface area contributed by atoms with Crippen LogP contribution >= 0.6 is 11.6 Å². The van der Waals surface area contributed by atoms with Crippen LogP contribution in [0, 0.1) is 24.0 Å². The fourth-order valence-corrected chi connectivity index (χ4v) is 3.93. The van der Waals surface area contributed by atoms with E-state index >= 15 is 0 Å². The number of halogens is 3. The molecule has 0 spiro atoms. The van der Waals surface area contributed by atoms with Crippen LogP contribution in [0.15, 0.2) is 64.9 Å². The number of hydrogen-bond donors (Lipinski definition) is 4. The molecule has 5 N–H and O–H groups in total. The van der Waals surface area contributed by atoms with Gasteiger partial charge < -0.3 is 21.8 Å². The number of aliphatic imine (C=N–C) groups is 1. The van der Waals surface area contributed by atoms with Crippen LogP contribution in [-0.2, 0) is 4.79 Å². The number of nitrogens with two attached hydrogens (primary N) is 1. The Bertz CT molecular complexity index is 1420. The van der Waals surface area contributed by atoms with Crippen LogP contribution in [0.3, 0.4) is 0 Å². The molecule has 0 aliphatic carbocycles. The number of amides is 1. The summed E-state index contributed by atoms with van der Waals surface area (Å²) in [7, 11) is 0. The van der Waals surface area contributed by atoms with Gasteiger partial charge in [0.25, 0.3) is 5.91 Å². The summed E-state index contributed by atoms with van der Waals surface area (Å²) < 4.78 is 29.5. The Morgan fingerprint density at radius 2 is 1.94 bits per heavy atom. The zero-order chi connectivity index (χ0) is 25.3. The van der Waals surface area contributed by atoms with Crippen LogP contribution in [0.2, 0.25) is 5.02 Å². The maximum Gasteiger partial charge on any atom is 0.255 e. The normalized spacial score (nSPS) is 15.3. The third kappa shape index (κ3) is 4.90. The third-order valence-electron chi connectivity index (χ3n) is 5.49. The average molecular weight is 495 g/mol. The van der Waals surface area contributed by atoms with Crippen molar-refractivity contribution in [2.75, 3.05) is 11.1 Å². The Morgan fingerprint density at radius 3 is 2.63 bits per heavy atom. The number of aromatic nitrogens is 1. The van der Waals surface area contributed by atoms with Gasteiger partial charge in [-0.05, 0) is 50.2 Å².